The number of rotatable bonds is 4. The van der Waals surface area contributed by atoms with Gasteiger partial charge in [0.1, 0.15) is 22.8 Å². The van der Waals surface area contributed by atoms with E-state index in [1.54, 1.807) is 13.1 Å². The molecule has 0 bridgehead atoms. The molecule has 0 spiro atoms. The molecule has 4 aromatic rings. The van der Waals surface area contributed by atoms with Crippen LogP contribution >= 0.6 is 11.3 Å². The molecule has 3 N–H and O–H groups in total. The number of anilines is 3. The molecule has 34 heavy (non-hydrogen) atoms. The summed E-state index contributed by atoms with van der Waals surface area (Å²) in [4.78, 5) is 18.3. The maximum absolute atomic E-state index is 10.7. The Hall–Kier alpha value is -3.92. The number of fused-ring (bicyclic) bond motifs is 1. The average Bonchev–Trinajstić information content (AvgIpc) is 3.56. The summed E-state index contributed by atoms with van der Waals surface area (Å²) < 4.78 is 0. The molecule has 4 heterocycles. The van der Waals surface area contributed by atoms with Crippen molar-refractivity contribution in [3.05, 3.63) is 58.9 Å². The quantitative estimate of drug-likeness (QED) is 0.385. The monoisotopic (exact) mass is 469 g/mol. The highest BCUT2D eigenvalue weighted by Crippen LogP contribution is 2.34. The standard InChI is InChI=1S/C25H23N7OS/c1-25(33,24-28-10-13-34-24)8-4-17-2-3-21(32-11-6-18(15-26)7-12-32)20(14-17)31-23-19-5-9-27-22(19)29-16-30-23/h2-3,5,9-10,13-14,16,18,33H,6-7,11-12H2,1H3,(H2,27,29,30,31). The van der Waals surface area contributed by atoms with Crippen molar-refractivity contribution in [3.63, 3.8) is 0 Å². The van der Waals surface area contributed by atoms with Crippen molar-refractivity contribution in [2.45, 2.75) is 25.4 Å². The molecule has 170 valence electrons. The number of aliphatic hydroxyl groups is 1. The first-order chi connectivity index (χ1) is 16.5. The van der Waals surface area contributed by atoms with E-state index in [1.807, 2.05) is 35.8 Å². The van der Waals surface area contributed by atoms with E-state index in [0.29, 0.717) is 10.8 Å². The lowest BCUT2D eigenvalue weighted by Crippen LogP contribution is -2.33. The topological polar surface area (TPSA) is 114 Å². The average molecular weight is 470 g/mol. The summed E-state index contributed by atoms with van der Waals surface area (Å²) in [6, 6.07) is 10.3. The molecule has 0 radical (unpaired) electrons. The fourth-order valence-electron chi connectivity index (χ4n) is 4.05. The number of aromatic nitrogens is 4. The van der Waals surface area contributed by atoms with Gasteiger partial charge in [0.2, 0.25) is 0 Å². The van der Waals surface area contributed by atoms with Crippen LogP contribution in [0.5, 0.6) is 0 Å². The van der Waals surface area contributed by atoms with Gasteiger partial charge in [-0.25, -0.2) is 15.0 Å². The van der Waals surface area contributed by atoms with Crippen molar-refractivity contribution in [2.24, 2.45) is 5.92 Å². The second-order valence-corrected chi connectivity index (χ2v) is 9.26. The Balaban J connectivity index is 1.50. The molecule has 9 heteroatoms. The minimum Gasteiger partial charge on any atom is -0.371 e. The summed E-state index contributed by atoms with van der Waals surface area (Å²) in [7, 11) is 0. The van der Waals surface area contributed by atoms with Gasteiger partial charge in [-0.15, -0.1) is 11.3 Å². The Morgan fingerprint density at radius 1 is 1.24 bits per heavy atom. The molecule has 1 aliphatic heterocycles. The Morgan fingerprint density at radius 3 is 2.85 bits per heavy atom. The van der Waals surface area contributed by atoms with Gasteiger partial charge in [0.05, 0.1) is 22.8 Å². The van der Waals surface area contributed by atoms with Crippen LogP contribution in [0.15, 0.2) is 48.4 Å². The Labute approximate surface area is 201 Å². The predicted molar refractivity (Wildman–Crippen MR) is 133 cm³/mol. The van der Waals surface area contributed by atoms with Crippen molar-refractivity contribution in [3.8, 4) is 17.9 Å². The minimum absolute atomic E-state index is 0.104. The smallest absolute Gasteiger partial charge is 0.174 e. The number of nitrogens with one attached hydrogen (secondary N) is 2. The van der Waals surface area contributed by atoms with Gasteiger partial charge in [-0.2, -0.15) is 5.26 Å². The van der Waals surface area contributed by atoms with E-state index in [2.05, 4.69) is 48.1 Å². The van der Waals surface area contributed by atoms with Crippen molar-refractivity contribution in [2.75, 3.05) is 23.3 Å². The van der Waals surface area contributed by atoms with Crippen molar-refractivity contribution in [1.82, 2.24) is 19.9 Å². The zero-order valence-corrected chi connectivity index (χ0v) is 19.4. The Kier molecular flexibility index (Phi) is 5.89. The molecule has 5 rings (SSSR count). The summed E-state index contributed by atoms with van der Waals surface area (Å²) in [6.07, 6.45) is 6.69. The van der Waals surface area contributed by atoms with E-state index in [0.717, 1.165) is 53.9 Å². The van der Waals surface area contributed by atoms with Crippen LogP contribution in [0, 0.1) is 29.1 Å². The molecular formula is C25H23N7OS. The van der Waals surface area contributed by atoms with Gasteiger partial charge in [-0.05, 0) is 44.0 Å². The van der Waals surface area contributed by atoms with Crippen LogP contribution in [-0.2, 0) is 5.60 Å². The van der Waals surface area contributed by atoms with E-state index in [4.69, 9.17) is 0 Å². The Bertz CT molecular complexity index is 1400. The van der Waals surface area contributed by atoms with Gasteiger partial charge < -0.3 is 20.3 Å². The molecule has 3 aromatic heterocycles. The molecule has 0 amide bonds. The van der Waals surface area contributed by atoms with Gasteiger partial charge in [0.15, 0.2) is 5.60 Å². The zero-order valence-electron chi connectivity index (χ0n) is 18.6. The molecule has 1 saturated heterocycles. The summed E-state index contributed by atoms with van der Waals surface area (Å²) in [5, 5.41) is 26.8. The van der Waals surface area contributed by atoms with Gasteiger partial charge in [-0.1, -0.05) is 11.8 Å². The maximum Gasteiger partial charge on any atom is 0.174 e. The van der Waals surface area contributed by atoms with Crippen LogP contribution in [-0.4, -0.2) is 38.1 Å². The molecule has 1 atom stereocenters. The summed E-state index contributed by atoms with van der Waals surface area (Å²) in [5.74, 6) is 6.85. The zero-order chi connectivity index (χ0) is 23.5. The third-order valence-corrected chi connectivity index (χ3v) is 6.90. The van der Waals surface area contributed by atoms with Crippen LogP contribution in [0.1, 0.15) is 30.3 Å². The van der Waals surface area contributed by atoms with Crippen molar-refractivity contribution < 1.29 is 5.11 Å². The number of nitriles is 1. The lowest BCUT2D eigenvalue weighted by molar-refractivity contribution is 0.122. The van der Waals surface area contributed by atoms with Crippen LogP contribution in [0.3, 0.4) is 0 Å². The number of H-pyrrole nitrogens is 1. The lowest BCUT2D eigenvalue weighted by atomic mass is 9.97. The first-order valence-electron chi connectivity index (χ1n) is 11.0. The highest BCUT2D eigenvalue weighted by Gasteiger charge is 2.24. The number of thiazole rings is 1. The second kappa shape index (κ2) is 9.14. The molecular weight excluding hydrogens is 446 g/mol. The number of nitrogens with zero attached hydrogens (tertiary/aromatic N) is 5. The van der Waals surface area contributed by atoms with Crippen LogP contribution in [0.2, 0.25) is 0 Å². The highest BCUT2D eigenvalue weighted by atomic mass is 32.1. The van der Waals surface area contributed by atoms with Crippen LogP contribution < -0.4 is 10.2 Å². The fourth-order valence-corrected chi connectivity index (χ4v) is 4.70. The molecule has 1 fully saturated rings. The number of aromatic amines is 1. The number of piperidine rings is 1. The fraction of sp³-hybridized carbons (Fsp3) is 0.280. The Morgan fingerprint density at radius 2 is 2.09 bits per heavy atom. The normalized spacial score (nSPS) is 15.9. The number of benzene rings is 1. The number of hydrogen-bond acceptors (Lipinski definition) is 8. The summed E-state index contributed by atoms with van der Waals surface area (Å²) in [6.45, 7) is 3.26. The first kappa shape index (κ1) is 21.9. The maximum atomic E-state index is 10.7. The van der Waals surface area contributed by atoms with Gasteiger partial charge in [0, 0.05) is 42.3 Å². The molecule has 1 aromatic carbocycles. The molecule has 0 aliphatic carbocycles. The molecule has 1 unspecified atom stereocenters. The van der Waals surface area contributed by atoms with Crippen LogP contribution in [0.4, 0.5) is 17.2 Å². The summed E-state index contributed by atoms with van der Waals surface area (Å²) in [5.41, 5.74) is 2.07. The molecule has 1 aliphatic rings. The van der Waals surface area contributed by atoms with Crippen LogP contribution in [0.25, 0.3) is 11.0 Å². The number of hydrogen-bond donors (Lipinski definition) is 3. The van der Waals surface area contributed by atoms with Gasteiger partial charge in [0.25, 0.3) is 0 Å². The third-order valence-electron chi connectivity index (χ3n) is 5.92. The molecule has 0 saturated carbocycles. The van der Waals surface area contributed by atoms with Gasteiger partial charge in [-0.3, -0.25) is 0 Å². The lowest BCUT2D eigenvalue weighted by Gasteiger charge is -2.32. The van der Waals surface area contributed by atoms with E-state index < -0.39 is 5.60 Å². The van der Waals surface area contributed by atoms with E-state index in [9.17, 15) is 10.4 Å². The van der Waals surface area contributed by atoms with Crippen molar-refractivity contribution >= 4 is 39.6 Å². The SMILES string of the molecule is CC(O)(C#Cc1ccc(N2CCC(C#N)CC2)c(Nc2ncnc3[nH]ccc23)c1)c1nccs1. The van der Waals surface area contributed by atoms with Crippen molar-refractivity contribution in [1.29, 1.82) is 5.26 Å². The van der Waals surface area contributed by atoms with Gasteiger partial charge >= 0.3 is 0 Å². The first-order valence-corrected chi connectivity index (χ1v) is 11.9. The predicted octanol–water partition coefficient (Wildman–Crippen LogP) is 4.16. The largest absolute Gasteiger partial charge is 0.371 e. The molecule has 8 nitrogen and oxygen atoms in total. The van der Waals surface area contributed by atoms with E-state index in [-0.39, 0.29) is 5.92 Å². The summed E-state index contributed by atoms with van der Waals surface area (Å²) >= 11 is 1.37. The van der Waals surface area contributed by atoms with E-state index >= 15 is 0 Å². The van der Waals surface area contributed by atoms with E-state index in [1.165, 1.54) is 17.7 Å². The minimum atomic E-state index is -1.33. The second-order valence-electron chi connectivity index (χ2n) is 8.37. The highest BCUT2D eigenvalue weighted by molar-refractivity contribution is 7.09. The third kappa shape index (κ3) is 4.44.